The predicted molar refractivity (Wildman–Crippen MR) is 96.5 cm³/mol. The molecular weight excluding hydrogens is 338 g/mol. The van der Waals surface area contributed by atoms with Crippen LogP contribution < -0.4 is 5.32 Å². The Balaban J connectivity index is 1.66. The summed E-state index contributed by atoms with van der Waals surface area (Å²) in [6, 6.07) is 5.71. The molecule has 1 saturated carbocycles. The third-order valence-electron chi connectivity index (χ3n) is 4.45. The summed E-state index contributed by atoms with van der Waals surface area (Å²) >= 11 is 1.57. The van der Waals surface area contributed by atoms with Gasteiger partial charge in [0.2, 0.25) is 11.8 Å². The van der Waals surface area contributed by atoms with E-state index >= 15 is 0 Å². The number of hydrogen-bond acceptors (Lipinski definition) is 5. The molecule has 0 radical (unpaired) electrons. The highest BCUT2D eigenvalue weighted by molar-refractivity contribution is 7.10. The average Bonchev–Trinajstić information content (AvgIpc) is 3.25. The van der Waals surface area contributed by atoms with Crippen LogP contribution in [0.4, 0.5) is 5.82 Å². The van der Waals surface area contributed by atoms with E-state index in [1.165, 1.54) is 6.42 Å². The van der Waals surface area contributed by atoms with E-state index in [-0.39, 0.29) is 24.4 Å². The van der Waals surface area contributed by atoms with Gasteiger partial charge in [-0.2, -0.15) is 0 Å². The first kappa shape index (κ1) is 17.7. The van der Waals surface area contributed by atoms with Gasteiger partial charge < -0.3 is 14.7 Å². The highest BCUT2D eigenvalue weighted by Crippen LogP contribution is 2.24. The molecule has 1 aliphatic carbocycles. The number of nitrogens with one attached hydrogen (secondary N) is 1. The van der Waals surface area contributed by atoms with Crippen LogP contribution in [0.1, 0.15) is 42.7 Å². The third kappa shape index (κ3) is 4.92. The summed E-state index contributed by atoms with van der Waals surface area (Å²) in [5, 5.41) is 8.45. The molecule has 0 saturated heterocycles. The summed E-state index contributed by atoms with van der Waals surface area (Å²) in [5.41, 5.74) is 0. The zero-order valence-corrected chi connectivity index (χ0v) is 15.2. The lowest BCUT2D eigenvalue weighted by molar-refractivity contribution is -0.137. The second-order valence-corrected chi connectivity index (χ2v) is 7.47. The lowest BCUT2D eigenvalue weighted by Crippen LogP contribution is -2.46. The molecule has 1 N–H and O–H groups in total. The van der Waals surface area contributed by atoms with Gasteiger partial charge in [0, 0.05) is 17.0 Å². The third-order valence-corrected chi connectivity index (χ3v) is 5.33. The Morgan fingerprint density at radius 3 is 2.80 bits per heavy atom. The predicted octanol–water partition coefficient (Wildman–Crippen LogP) is 3.39. The van der Waals surface area contributed by atoms with Crippen molar-refractivity contribution in [1.82, 2.24) is 10.1 Å². The Bertz CT molecular complexity index is 705. The molecule has 2 amide bonds. The van der Waals surface area contributed by atoms with Gasteiger partial charge in [0.1, 0.15) is 12.3 Å². The average molecular weight is 361 g/mol. The minimum atomic E-state index is -0.238. The van der Waals surface area contributed by atoms with E-state index < -0.39 is 0 Å². The van der Waals surface area contributed by atoms with E-state index in [0.717, 1.165) is 30.6 Å². The van der Waals surface area contributed by atoms with E-state index in [1.54, 1.807) is 29.2 Å². The molecule has 0 bridgehead atoms. The molecule has 25 heavy (non-hydrogen) atoms. The summed E-state index contributed by atoms with van der Waals surface area (Å²) < 4.78 is 4.96. The van der Waals surface area contributed by atoms with E-state index in [2.05, 4.69) is 10.5 Å². The minimum absolute atomic E-state index is 0.0147. The Morgan fingerprint density at radius 2 is 2.16 bits per heavy atom. The Labute approximate surface area is 151 Å². The van der Waals surface area contributed by atoms with Gasteiger partial charge in [-0.3, -0.25) is 9.59 Å². The fourth-order valence-corrected chi connectivity index (χ4v) is 3.94. The molecule has 7 heteroatoms. The SMILES string of the molecule is Cc1cc(NC(=O)CN(C(=O)Cc2cccs2)C2CCCCC2)no1. The van der Waals surface area contributed by atoms with Crippen LogP contribution in [0.15, 0.2) is 28.1 Å². The fourth-order valence-electron chi connectivity index (χ4n) is 3.24. The summed E-state index contributed by atoms with van der Waals surface area (Å²) in [4.78, 5) is 28.0. The van der Waals surface area contributed by atoms with Crippen molar-refractivity contribution in [2.45, 2.75) is 51.5 Å². The maximum absolute atomic E-state index is 12.8. The maximum atomic E-state index is 12.8. The van der Waals surface area contributed by atoms with Crippen molar-refractivity contribution < 1.29 is 14.1 Å². The second kappa shape index (κ2) is 8.29. The number of aromatic nitrogens is 1. The number of thiophene rings is 1. The van der Waals surface area contributed by atoms with Crippen LogP contribution in [0.5, 0.6) is 0 Å². The zero-order valence-electron chi connectivity index (χ0n) is 14.4. The normalized spacial score (nSPS) is 15.1. The minimum Gasteiger partial charge on any atom is -0.360 e. The molecule has 0 spiro atoms. The summed E-state index contributed by atoms with van der Waals surface area (Å²) in [6.07, 6.45) is 5.70. The molecular formula is C18H23N3O3S. The van der Waals surface area contributed by atoms with Crippen molar-refractivity contribution in [1.29, 1.82) is 0 Å². The highest BCUT2D eigenvalue weighted by Gasteiger charge is 2.27. The van der Waals surface area contributed by atoms with Gasteiger partial charge in [-0.15, -0.1) is 11.3 Å². The van der Waals surface area contributed by atoms with Crippen molar-refractivity contribution in [3.63, 3.8) is 0 Å². The Hall–Kier alpha value is -2.15. The monoisotopic (exact) mass is 361 g/mol. The maximum Gasteiger partial charge on any atom is 0.245 e. The molecule has 6 nitrogen and oxygen atoms in total. The Kier molecular flexibility index (Phi) is 5.86. The van der Waals surface area contributed by atoms with Crippen LogP contribution in [0.3, 0.4) is 0 Å². The van der Waals surface area contributed by atoms with Crippen LogP contribution in [0.25, 0.3) is 0 Å². The van der Waals surface area contributed by atoms with Crippen LogP contribution in [-0.4, -0.2) is 34.5 Å². The number of anilines is 1. The number of carbonyl (C=O) groups excluding carboxylic acids is 2. The molecule has 2 aromatic heterocycles. The van der Waals surface area contributed by atoms with Gasteiger partial charge >= 0.3 is 0 Å². The molecule has 0 aliphatic heterocycles. The number of carbonyl (C=O) groups is 2. The second-order valence-electron chi connectivity index (χ2n) is 6.44. The zero-order chi connectivity index (χ0) is 17.6. The first-order chi connectivity index (χ1) is 12.1. The van der Waals surface area contributed by atoms with Crippen LogP contribution in [0.2, 0.25) is 0 Å². The number of amides is 2. The quantitative estimate of drug-likeness (QED) is 0.856. The van der Waals surface area contributed by atoms with Gasteiger partial charge in [0.25, 0.3) is 0 Å². The van der Waals surface area contributed by atoms with E-state index in [1.807, 2.05) is 17.5 Å². The molecule has 1 aliphatic rings. The largest absolute Gasteiger partial charge is 0.360 e. The molecule has 0 unspecified atom stereocenters. The van der Waals surface area contributed by atoms with Gasteiger partial charge in [0.15, 0.2) is 5.82 Å². The summed E-state index contributed by atoms with van der Waals surface area (Å²) in [7, 11) is 0. The van der Waals surface area contributed by atoms with Crippen LogP contribution >= 0.6 is 11.3 Å². The van der Waals surface area contributed by atoms with Gasteiger partial charge in [-0.1, -0.05) is 30.5 Å². The highest BCUT2D eigenvalue weighted by atomic mass is 32.1. The van der Waals surface area contributed by atoms with Gasteiger partial charge in [-0.05, 0) is 31.2 Å². The summed E-state index contributed by atoms with van der Waals surface area (Å²) in [5.74, 6) is 0.796. The standard InChI is InChI=1S/C18H23N3O3S/c1-13-10-16(20-24-13)19-17(22)12-21(14-6-3-2-4-7-14)18(23)11-15-8-5-9-25-15/h5,8-10,14H,2-4,6-7,11-12H2,1H3,(H,19,20,22). The lowest BCUT2D eigenvalue weighted by Gasteiger charge is -2.34. The molecule has 1 fully saturated rings. The number of nitrogens with zero attached hydrogens (tertiary/aromatic N) is 2. The fraction of sp³-hybridized carbons (Fsp3) is 0.500. The molecule has 0 aromatic carbocycles. The molecule has 2 aromatic rings. The van der Waals surface area contributed by atoms with E-state index in [4.69, 9.17) is 4.52 Å². The van der Waals surface area contributed by atoms with Crippen molar-refractivity contribution in [2.75, 3.05) is 11.9 Å². The number of hydrogen-bond donors (Lipinski definition) is 1. The summed E-state index contributed by atoms with van der Waals surface area (Å²) in [6.45, 7) is 1.82. The molecule has 2 heterocycles. The van der Waals surface area contributed by atoms with Crippen molar-refractivity contribution in [3.05, 3.63) is 34.2 Å². The van der Waals surface area contributed by atoms with Crippen LogP contribution in [0, 0.1) is 6.92 Å². The molecule has 0 atom stereocenters. The van der Waals surface area contributed by atoms with Crippen molar-refractivity contribution in [3.8, 4) is 0 Å². The molecule has 134 valence electrons. The van der Waals surface area contributed by atoms with Crippen molar-refractivity contribution >= 4 is 29.0 Å². The van der Waals surface area contributed by atoms with Crippen molar-refractivity contribution in [2.24, 2.45) is 0 Å². The van der Waals surface area contributed by atoms with Gasteiger partial charge in [0.05, 0.1) is 6.42 Å². The smallest absolute Gasteiger partial charge is 0.245 e. The van der Waals surface area contributed by atoms with Crippen LogP contribution in [-0.2, 0) is 16.0 Å². The first-order valence-electron chi connectivity index (χ1n) is 8.67. The van der Waals surface area contributed by atoms with Gasteiger partial charge in [-0.25, -0.2) is 0 Å². The molecule has 3 rings (SSSR count). The lowest BCUT2D eigenvalue weighted by atomic mass is 9.94. The first-order valence-corrected chi connectivity index (χ1v) is 9.55. The topological polar surface area (TPSA) is 75.4 Å². The Morgan fingerprint density at radius 1 is 1.36 bits per heavy atom. The number of rotatable bonds is 6. The number of aryl methyl sites for hydroxylation is 1. The van der Waals surface area contributed by atoms with E-state index in [9.17, 15) is 9.59 Å². The van der Waals surface area contributed by atoms with E-state index in [0.29, 0.717) is 18.0 Å².